The lowest BCUT2D eigenvalue weighted by molar-refractivity contribution is 0.139. The molecule has 0 heterocycles. The zero-order valence-electron chi connectivity index (χ0n) is 12.4. The Morgan fingerprint density at radius 3 is 2.24 bits per heavy atom. The molecule has 100 valence electrons. The fourth-order valence-electron chi connectivity index (χ4n) is 2.50. The summed E-state index contributed by atoms with van der Waals surface area (Å²) in [6.45, 7) is 14.9. The van der Waals surface area contributed by atoms with Crippen molar-refractivity contribution in [2.75, 3.05) is 13.1 Å². The van der Waals surface area contributed by atoms with Crippen molar-refractivity contribution in [3.05, 3.63) is 0 Å². The molecule has 0 amide bonds. The quantitative estimate of drug-likeness (QED) is 0.708. The van der Waals surface area contributed by atoms with Crippen molar-refractivity contribution < 1.29 is 0 Å². The summed E-state index contributed by atoms with van der Waals surface area (Å²) >= 11 is 0. The van der Waals surface area contributed by atoms with Crippen molar-refractivity contribution in [1.29, 1.82) is 5.26 Å². The van der Waals surface area contributed by atoms with Gasteiger partial charge >= 0.3 is 0 Å². The summed E-state index contributed by atoms with van der Waals surface area (Å²) in [5.41, 5.74) is -0.408. The van der Waals surface area contributed by atoms with E-state index < -0.39 is 5.54 Å². The van der Waals surface area contributed by atoms with Gasteiger partial charge in [-0.25, -0.2) is 0 Å². The van der Waals surface area contributed by atoms with Crippen LogP contribution in [0.3, 0.4) is 0 Å². The normalized spacial score (nSPS) is 16.9. The third kappa shape index (κ3) is 5.52. The summed E-state index contributed by atoms with van der Waals surface area (Å²) in [6, 6.07) is 3.37. The van der Waals surface area contributed by atoms with Gasteiger partial charge in [-0.3, -0.25) is 10.2 Å². The van der Waals surface area contributed by atoms with Gasteiger partial charge in [0.2, 0.25) is 0 Å². The standard InChI is InChI=1S/C14H29N3/c1-7-9-17(12(3)4)13(5)10-14(6,11-15)16-8-2/h12-13,16H,7-10H2,1-6H3. The monoisotopic (exact) mass is 239 g/mol. The van der Waals surface area contributed by atoms with Crippen LogP contribution < -0.4 is 5.32 Å². The predicted octanol–water partition coefficient (Wildman–Crippen LogP) is 2.78. The lowest BCUT2D eigenvalue weighted by atomic mass is 9.93. The molecule has 0 aliphatic carbocycles. The molecular weight excluding hydrogens is 210 g/mol. The van der Waals surface area contributed by atoms with Gasteiger partial charge in [0.05, 0.1) is 6.07 Å². The molecule has 0 bridgehead atoms. The molecule has 0 saturated carbocycles. The minimum absolute atomic E-state index is 0.408. The second-order valence-electron chi connectivity index (χ2n) is 5.36. The maximum atomic E-state index is 9.28. The lowest BCUT2D eigenvalue weighted by Gasteiger charge is -2.36. The topological polar surface area (TPSA) is 39.1 Å². The van der Waals surface area contributed by atoms with E-state index in [0.29, 0.717) is 12.1 Å². The number of hydrogen-bond donors (Lipinski definition) is 1. The average Bonchev–Trinajstić information content (AvgIpc) is 2.25. The summed E-state index contributed by atoms with van der Waals surface area (Å²) in [5.74, 6) is 0. The van der Waals surface area contributed by atoms with Crippen LogP contribution in [0.25, 0.3) is 0 Å². The molecule has 2 atom stereocenters. The summed E-state index contributed by atoms with van der Waals surface area (Å²) < 4.78 is 0. The highest BCUT2D eigenvalue weighted by Gasteiger charge is 2.28. The average molecular weight is 239 g/mol. The predicted molar refractivity (Wildman–Crippen MR) is 73.9 cm³/mol. The van der Waals surface area contributed by atoms with Gasteiger partial charge in [0.25, 0.3) is 0 Å². The molecule has 0 saturated heterocycles. The first-order valence-corrected chi connectivity index (χ1v) is 6.82. The van der Waals surface area contributed by atoms with Crippen molar-refractivity contribution in [2.24, 2.45) is 0 Å². The first-order valence-electron chi connectivity index (χ1n) is 6.82. The third-order valence-electron chi connectivity index (χ3n) is 3.23. The smallest absolute Gasteiger partial charge is 0.105 e. The molecular formula is C14H29N3. The van der Waals surface area contributed by atoms with Crippen molar-refractivity contribution >= 4 is 0 Å². The molecule has 2 unspecified atom stereocenters. The SMILES string of the molecule is CCCN(C(C)C)C(C)CC(C)(C#N)NCC. The maximum absolute atomic E-state index is 9.28. The Balaban J connectivity index is 4.57. The molecule has 0 aromatic heterocycles. The minimum atomic E-state index is -0.408. The van der Waals surface area contributed by atoms with Gasteiger partial charge in [0.1, 0.15) is 5.54 Å². The van der Waals surface area contributed by atoms with Crippen LogP contribution in [0.2, 0.25) is 0 Å². The molecule has 0 aromatic carbocycles. The van der Waals surface area contributed by atoms with Crippen LogP contribution in [0.15, 0.2) is 0 Å². The fraction of sp³-hybridized carbons (Fsp3) is 0.929. The van der Waals surface area contributed by atoms with Crippen molar-refractivity contribution in [2.45, 2.75) is 72.0 Å². The van der Waals surface area contributed by atoms with Crippen LogP contribution in [-0.4, -0.2) is 35.6 Å². The second kappa shape index (κ2) is 7.68. The molecule has 0 spiro atoms. The van der Waals surface area contributed by atoms with E-state index in [4.69, 9.17) is 0 Å². The van der Waals surface area contributed by atoms with Gasteiger partial charge in [-0.15, -0.1) is 0 Å². The Labute approximate surface area is 107 Å². The molecule has 0 aliphatic rings. The molecule has 0 rings (SSSR count). The van der Waals surface area contributed by atoms with Crippen LogP contribution in [0.5, 0.6) is 0 Å². The van der Waals surface area contributed by atoms with Gasteiger partial charge in [-0.2, -0.15) is 5.26 Å². The van der Waals surface area contributed by atoms with Gasteiger partial charge < -0.3 is 0 Å². The van der Waals surface area contributed by atoms with Gasteiger partial charge in [0.15, 0.2) is 0 Å². The van der Waals surface area contributed by atoms with E-state index >= 15 is 0 Å². The molecule has 1 N–H and O–H groups in total. The van der Waals surface area contributed by atoms with E-state index in [1.807, 2.05) is 13.8 Å². The maximum Gasteiger partial charge on any atom is 0.105 e. The van der Waals surface area contributed by atoms with Crippen molar-refractivity contribution in [3.63, 3.8) is 0 Å². The van der Waals surface area contributed by atoms with Crippen LogP contribution in [0.4, 0.5) is 0 Å². The van der Waals surface area contributed by atoms with E-state index in [2.05, 4.69) is 44.0 Å². The molecule has 0 aliphatic heterocycles. The molecule has 0 fully saturated rings. The molecule has 0 radical (unpaired) electrons. The lowest BCUT2D eigenvalue weighted by Crippen LogP contribution is -2.49. The zero-order valence-corrected chi connectivity index (χ0v) is 12.4. The van der Waals surface area contributed by atoms with Crippen LogP contribution in [-0.2, 0) is 0 Å². The Kier molecular flexibility index (Phi) is 7.41. The Hall–Kier alpha value is -0.590. The molecule has 0 aromatic rings. The second-order valence-corrected chi connectivity index (χ2v) is 5.36. The number of nitrogens with zero attached hydrogens (tertiary/aromatic N) is 2. The summed E-state index contributed by atoms with van der Waals surface area (Å²) in [6.07, 6.45) is 2.03. The van der Waals surface area contributed by atoms with E-state index in [1.165, 1.54) is 0 Å². The Morgan fingerprint density at radius 2 is 1.88 bits per heavy atom. The van der Waals surface area contributed by atoms with E-state index in [1.54, 1.807) is 0 Å². The van der Waals surface area contributed by atoms with E-state index in [-0.39, 0.29) is 0 Å². The number of nitrogens with one attached hydrogen (secondary N) is 1. The summed E-state index contributed by atoms with van der Waals surface area (Å²) in [7, 11) is 0. The van der Waals surface area contributed by atoms with Crippen LogP contribution in [0.1, 0.15) is 54.4 Å². The van der Waals surface area contributed by atoms with Crippen LogP contribution >= 0.6 is 0 Å². The van der Waals surface area contributed by atoms with Crippen molar-refractivity contribution in [3.8, 4) is 6.07 Å². The van der Waals surface area contributed by atoms with E-state index in [0.717, 1.165) is 25.9 Å². The van der Waals surface area contributed by atoms with E-state index in [9.17, 15) is 5.26 Å². The number of nitriles is 1. The largest absolute Gasteiger partial charge is 0.300 e. The minimum Gasteiger partial charge on any atom is -0.300 e. The first kappa shape index (κ1) is 16.4. The Bertz CT molecular complexity index is 244. The van der Waals surface area contributed by atoms with Crippen molar-refractivity contribution in [1.82, 2.24) is 10.2 Å². The van der Waals surface area contributed by atoms with Gasteiger partial charge in [-0.05, 0) is 53.6 Å². The fourth-order valence-corrected chi connectivity index (χ4v) is 2.50. The summed E-state index contributed by atoms with van der Waals surface area (Å²) in [4.78, 5) is 2.48. The van der Waals surface area contributed by atoms with Gasteiger partial charge in [-0.1, -0.05) is 13.8 Å². The van der Waals surface area contributed by atoms with Gasteiger partial charge in [0, 0.05) is 12.1 Å². The number of rotatable bonds is 8. The highest BCUT2D eigenvalue weighted by molar-refractivity contribution is 5.05. The highest BCUT2D eigenvalue weighted by atomic mass is 15.2. The first-order chi connectivity index (χ1) is 7.90. The number of hydrogen-bond acceptors (Lipinski definition) is 3. The molecule has 17 heavy (non-hydrogen) atoms. The van der Waals surface area contributed by atoms with Crippen LogP contribution in [0, 0.1) is 11.3 Å². The summed E-state index contributed by atoms with van der Waals surface area (Å²) in [5, 5.41) is 12.6. The Morgan fingerprint density at radius 1 is 1.29 bits per heavy atom. The molecule has 3 heteroatoms. The third-order valence-corrected chi connectivity index (χ3v) is 3.23. The highest BCUT2D eigenvalue weighted by Crippen LogP contribution is 2.18. The zero-order chi connectivity index (χ0) is 13.5. The molecule has 3 nitrogen and oxygen atoms in total.